The van der Waals surface area contributed by atoms with Gasteiger partial charge in [0, 0.05) is 23.2 Å². The van der Waals surface area contributed by atoms with Gasteiger partial charge in [-0.05, 0) is 49.6 Å². The smallest absolute Gasteiger partial charge is 0.243 e. The molecule has 0 heterocycles. The SMILES string of the molecule is CCC(C)NC(=O)C(CC)N(Cc1ccc(F)cc1)C(=O)Cc1c(F)cccc1Cl. The predicted molar refractivity (Wildman–Crippen MR) is 114 cm³/mol. The third-order valence-electron chi connectivity index (χ3n) is 5.04. The first-order valence-electron chi connectivity index (χ1n) is 10.0. The molecule has 0 radical (unpaired) electrons. The summed E-state index contributed by atoms with van der Waals surface area (Å²) >= 11 is 6.09. The van der Waals surface area contributed by atoms with E-state index in [4.69, 9.17) is 11.6 Å². The molecule has 2 unspecified atom stereocenters. The van der Waals surface area contributed by atoms with Crippen molar-refractivity contribution in [1.82, 2.24) is 10.2 Å². The summed E-state index contributed by atoms with van der Waals surface area (Å²) in [5.41, 5.74) is 0.754. The molecule has 2 aromatic rings. The highest BCUT2D eigenvalue weighted by molar-refractivity contribution is 6.31. The van der Waals surface area contributed by atoms with Gasteiger partial charge < -0.3 is 10.2 Å². The minimum Gasteiger partial charge on any atom is -0.352 e. The van der Waals surface area contributed by atoms with E-state index in [9.17, 15) is 18.4 Å². The Kier molecular flexibility index (Phi) is 8.78. The lowest BCUT2D eigenvalue weighted by Gasteiger charge is -2.31. The van der Waals surface area contributed by atoms with Crippen molar-refractivity contribution in [2.75, 3.05) is 0 Å². The molecule has 0 bridgehead atoms. The number of nitrogens with one attached hydrogen (secondary N) is 1. The molecule has 2 atom stereocenters. The van der Waals surface area contributed by atoms with E-state index in [0.717, 1.165) is 6.42 Å². The van der Waals surface area contributed by atoms with Crippen LogP contribution in [-0.2, 0) is 22.6 Å². The van der Waals surface area contributed by atoms with Crippen molar-refractivity contribution < 1.29 is 18.4 Å². The van der Waals surface area contributed by atoms with Crippen LogP contribution in [0.1, 0.15) is 44.7 Å². The second kappa shape index (κ2) is 11.1. The maximum absolute atomic E-state index is 14.2. The van der Waals surface area contributed by atoms with E-state index in [-0.39, 0.29) is 35.5 Å². The molecule has 0 saturated carbocycles. The van der Waals surface area contributed by atoms with Crippen LogP contribution in [0.15, 0.2) is 42.5 Å². The van der Waals surface area contributed by atoms with Gasteiger partial charge in [0.15, 0.2) is 0 Å². The Morgan fingerprint density at radius 1 is 1.07 bits per heavy atom. The summed E-state index contributed by atoms with van der Waals surface area (Å²) in [5, 5.41) is 3.06. The standard InChI is InChI=1S/C23H27ClF2N2O2/c1-4-15(3)27-23(30)21(5-2)28(14-16-9-11-17(25)12-10-16)22(29)13-18-19(24)7-6-8-20(18)26/h6-12,15,21H,4-5,13-14H2,1-3H3,(H,27,30). The van der Waals surface area contributed by atoms with E-state index in [1.165, 1.54) is 35.2 Å². The van der Waals surface area contributed by atoms with Gasteiger partial charge in [-0.15, -0.1) is 0 Å². The first kappa shape index (κ1) is 23.8. The molecule has 7 heteroatoms. The minimum absolute atomic E-state index is 0.0460. The molecule has 0 fully saturated rings. The van der Waals surface area contributed by atoms with Crippen molar-refractivity contribution in [3.8, 4) is 0 Å². The number of nitrogens with zero attached hydrogens (tertiary/aromatic N) is 1. The highest BCUT2D eigenvalue weighted by Gasteiger charge is 2.30. The summed E-state index contributed by atoms with van der Waals surface area (Å²) in [6.07, 6.45) is 0.846. The number of hydrogen-bond donors (Lipinski definition) is 1. The van der Waals surface area contributed by atoms with Gasteiger partial charge in [-0.3, -0.25) is 9.59 Å². The summed E-state index contributed by atoms with van der Waals surface area (Å²) in [7, 11) is 0. The molecule has 4 nitrogen and oxygen atoms in total. The Labute approximate surface area is 181 Å². The number of amides is 2. The maximum Gasteiger partial charge on any atom is 0.243 e. The van der Waals surface area contributed by atoms with Crippen LogP contribution >= 0.6 is 11.6 Å². The number of carbonyl (C=O) groups excluding carboxylic acids is 2. The van der Waals surface area contributed by atoms with Crippen molar-refractivity contribution in [2.24, 2.45) is 0 Å². The molecule has 0 spiro atoms. The summed E-state index contributed by atoms with van der Waals surface area (Å²) in [6.45, 7) is 5.74. The van der Waals surface area contributed by atoms with Gasteiger partial charge in [-0.2, -0.15) is 0 Å². The molecule has 0 aliphatic heterocycles. The predicted octanol–water partition coefficient (Wildman–Crippen LogP) is 4.88. The molecule has 2 aromatic carbocycles. The fraction of sp³-hybridized carbons (Fsp3) is 0.391. The molecule has 30 heavy (non-hydrogen) atoms. The summed E-state index contributed by atoms with van der Waals surface area (Å²) in [4.78, 5) is 27.5. The number of hydrogen-bond acceptors (Lipinski definition) is 2. The lowest BCUT2D eigenvalue weighted by atomic mass is 10.1. The monoisotopic (exact) mass is 436 g/mol. The Balaban J connectivity index is 2.34. The zero-order chi connectivity index (χ0) is 22.3. The van der Waals surface area contributed by atoms with Crippen LogP contribution in [0.3, 0.4) is 0 Å². The third kappa shape index (κ3) is 6.26. The number of benzene rings is 2. The van der Waals surface area contributed by atoms with Crippen molar-refractivity contribution in [2.45, 2.75) is 58.7 Å². The highest BCUT2D eigenvalue weighted by Crippen LogP contribution is 2.22. The summed E-state index contributed by atoms with van der Waals surface area (Å²) < 4.78 is 27.5. The molecule has 0 aromatic heterocycles. The van der Waals surface area contributed by atoms with Gasteiger partial charge in [0.05, 0.1) is 6.42 Å². The maximum atomic E-state index is 14.2. The van der Waals surface area contributed by atoms with E-state index in [2.05, 4.69) is 5.32 Å². The fourth-order valence-corrected chi connectivity index (χ4v) is 3.33. The summed E-state index contributed by atoms with van der Waals surface area (Å²) in [5.74, 6) is -1.68. The Bertz CT molecular complexity index is 854. The van der Waals surface area contributed by atoms with Crippen LogP contribution in [0.2, 0.25) is 5.02 Å². The van der Waals surface area contributed by atoms with Gasteiger partial charge in [0.25, 0.3) is 0 Å². The fourth-order valence-electron chi connectivity index (χ4n) is 3.10. The topological polar surface area (TPSA) is 49.4 Å². The normalized spacial score (nSPS) is 12.9. The lowest BCUT2D eigenvalue weighted by molar-refractivity contribution is -0.141. The molecule has 0 aliphatic carbocycles. The molecule has 1 N–H and O–H groups in total. The molecule has 2 rings (SSSR count). The van der Waals surface area contributed by atoms with Gasteiger partial charge in [0.2, 0.25) is 11.8 Å². The number of halogens is 3. The Morgan fingerprint density at radius 2 is 1.73 bits per heavy atom. The second-order valence-electron chi connectivity index (χ2n) is 7.27. The van der Waals surface area contributed by atoms with Crippen molar-refractivity contribution >= 4 is 23.4 Å². The number of carbonyl (C=O) groups is 2. The largest absolute Gasteiger partial charge is 0.352 e. The average Bonchev–Trinajstić information content (AvgIpc) is 2.71. The van der Waals surface area contributed by atoms with E-state index in [1.807, 2.05) is 20.8 Å². The van der Waals surface area contributed by atoms with Crippen LogP contribution < -0.4 is 5.32 Å². The average molecular weight is 437 g/mol. The number of rotatable bonds is 9. The van der Waals surface area contributed by atoms with Crippen LogP contribution in [0.5, 0.6) is 0 Å². The van der Waals surface area contributed by atoms with Gasteiger partial charge in [0.1, 0.15) is 17.7 Å². The zero-order valence-corrected chi connectivity index (χ0v) is 18.2. The first-order chi connectivity index (χ1) is 14.3. The highest BCUT2D eigenvalue weighted by atomic mass is 35.5. The Hall–Kier alpha value is -2.47. The molecular weight excluding hydrogens is 410 g/mol. The Morgan fingerprint density at radius 3 is 2.30 bits per heavy atom. The zero-order valence-electron chi connectivity index (χ0n) is 17.4. The first-order valence-corrected chi connectivity index (χ1v) is 10.4. The van der Waals surface area contributed by atoms with Crippen molar-refractivity contribution in [3.63, 3.8) is 0 Å². The molecule has 162 valence electrons. The lowest BCUT2D eigenvalue weighted by Crippen LogP contribution is -2.51. The van der Waals surface area contributed by atoms with Crippen molar-refractivity contribution in [3.05, 3.63) is 70.2 Å². The van der Waals surface area contributed by atoms with Crippen molar-refractivity contribution in [1.29, 1.82) is 0 Å². The molecule has 0 saturated heterocycles. The van der Waals surface area contributed by atoms with Crippen LogP contribution in [0.25, 0.3) is 0 Å². The van der Waals surface area contributed by atoms with E-state index in [1.54, 1.807) is 12.1 Å². The molecule has 0 aliphatic rings. The minimum atomic E-state index is -0.748. The third-order valence-corrected chi connectivity index (χ3v) is 5.40. The molecule has 2 amide bonds. The van der Waals surface area contributed by atoms with Gasteiger partial charge in [-0.1, -0.05) is 43.6 Å². The van der Waals surface area contributed by atoms with Crippen LogP contribution in [-0.4, -0.2) is 28.8 Å². The molecular formula is C23H27ClF2N2O2. The van der Waals surface area contributed by atoms with Gasteiger partial charge in [-0.25, -0.2) is 8.78 Å². The summed E-state index contributed by atoms with van der Waals surface area (Å²) in [6, 6.07) is 9.15. The van der Waals surface area contributed by atoms with Gasteiger partial charge >= 0.3 is 0 Å². The quantitative estimate of drug-likeness (QED) is 0.608. The van der Waals surface area contributed by atoms with E-state index in [0.29, 0.717) is 12.0 Å². The van der Waals surface area contributed by atoms with Crippen LogP contribution in [0, 0.1) is 11.6 Å². The second-order valence-corrected chi connectivity index (χ2v) is 7.67. The van der Waals surface area contributed by atoms with Crippen LogP contribution in [0.4, 0.5) is 8.78 Å². The van der Waals surface area contributed by atoms with E-state index >= 15 is 0 Å². The van der Waals surface area contributed by atoms with E-state index < -0.39 is 23.6 Å².